The number of aromatic amines is 1. The van der Waals surface area contributed by atoms with E-state index in [2.05, 4.69) is 20.5 Å². The lowest BCUT2D eigenvalue weighted by Crippen LogP contribution is -2.12. The van der Waals surface area contributed by atoms with Gasteiger partial charge < -0.3 is 4.42 Å². The van der Waals surface area contributed by atoms with Crippen LogP contribution in [0.2, 0.25) is 0 Å². The number of anilines is 1. The average molecular weight is 324 g/mol. The van der Waals surface area contributed by atoms with Crippen molar-refractivity contribution >= 4 is 33.3 Å². The molecular formula is C16H12N4O2S. The van der Waals surface area contributed by atoms with Crippen molar-refractivity contribution < 1.29 is 9.21 Å². The van der Waals surface area contributed by atoms with Crippen molar-refractivity contribution in [3.63, 3.8) is 0 Å². The summed E-state index contributed by atoms with van der Waals surface area (Å²) in [6, 6.07) is 9.44. The number of rotatable bonds is 3. The smallest absolute Gasteiger partial charge is 0.278 e. The van der Waals surface area contributed by atoms with E-state index in [1.54, 1.807) is 12.3 Å². The Bertz CT molecular complexity index is 985. The third kappa shape index (κ3) is 2.51. The van der Waals surface area contributed by atoms with Crippen LogP contribution in [0, 0.1) is 6.92 Å². The van der Waals surface area contributed by atoms with E-state index in [0.29, 0.717) is 22.3 Å². The van der Waals surface area contributed by atoms with Crippen LogP contribution < -0.4 is 5.32 Å². The Hall–Kier alpha value is -2.93. The maximum atomic E-state index is 12.4. The molecule has 3 aromatic heterocycles. The predicted octanol–water partition coefficient (Wildman–Crippen LogP) is 3.84. The fraction of sp³-hybridized carbons (Fsp3) is 0.0625. The van der Waals surface area contributed by atoms with E-state index in [0.717, 1.165) is 16.5 Å². The summed E-state index contributed by atoms with van der Waals surface area (Å²) in [6.45, 7) is 1.98. The average Bonchev–Trinajstić information content (AvgIpc) is 3.26. The van der Waals surface area contributed by atoms with Crippen LogP contribution in [0.1, 0.15) is 16.1 Å². The van der Waals surface area contributed by atoms with Crippen molar-refractivity contribution in [3.05, 3.63) is 53.2 Å². The molecule has 114 valence electrons. The molecule has 0 aliphatic heterocycles. The number of amides is 1. The second-order valence-electron chi connectivity index (χ2n) is 5.09. The number of hydrogen-bond donors (Lipinski definition) is 2. The van der Waals surface area contributed by atoms with Gasteiger partial charge in [-0.1, -0.05) is 11.6 Å². The van der Waals surface area contributed by atoms with E-state index >= 15 is 0 Å². The molecule has 0 spiro atoms. The lowest BCUT2D eigenvalue weighted by Gasteiger charge is -1.99. The fourth-order valence-electron chi connectivity index (χ4n) is 2.33. The van der Waals surface area contributed by atoms with Gasteiger partial charge in [0.05, 0.1) is 11.8 Å². The number of carbonyl (C=O) groups excluding carboxylic acids is 1. The minimum atomic E-state index is -0.290. The van der Waals surface area contributed by atoms with Crippen LogP contribution in [0.15, 0.2) is 46.4 Å². The van der Waals surface area contributed by atoms with Gasteiger partial charge in [0.15, 0.2) is 16.6 Å². The molecule has 3 heterocycles. The van der Waals surface area contributed by atoms with Crippen molar-refractivity contribution in [1.29, 1.82) is 0 Å². The number of nitrogens with zero attached hydrogens (tertiary/aromatic N) is 2. The van der Waals surface area contributed by atoms with Gasteiger partial charge in [-0.2, -0.15) is 5.10 Å². The number of furan rings is 1. The number of H-pyrrole nitrogens is 1. The summed E-state index contributed by atoms with van der Waals surface area (Å²) in [7, 11) is 0. The second kappa shape index (κ2) is 5.36. The minimum absolute atomic E-state index is 0.290. The van der Waals surface area contributed by atoms with Crippen molar-refractivity contribution in [2.45, 2.75) is 6.92 Å². The molecule has 0 aliphatic carbocycles. The first-order valence-electron chi connectivity index (χ1n) is 6.96. The van der Waals surface area contributed by atoms with Crippen LogP contribution >= 0.6 is 11.3 Å². The van der Waals surface area contributed by atoms with E-state index in [9.17, 15) is 4.79 Å². The molecule has 1 amide bonds. The second-order valence-corrected chi connectivity index (χ2v) is 5.95. The van der Waals surface area contributed by atoms with E-state index in [4.69, 9.17) is 4.42 Å². The van der Waals surface area contributed by atoms with Crippen molar-refractivity contribution in [2.75, 3.05) is 5.32 Å². The van der Waals surface area contributed by atoms with Crippen molar-refractivity contribution in [3.8, 4) is 11.5 Å². The number of fused-ring (bicyclic) bond motifs is 1. The van der Waals surface area contributed by atoms with Crippen molar-refractivity contribution in [2.24, 2.45) is 0 Å². The zero-order chi connectivity index (χ0) is 15.8. The number of hydrogen-bond acceptors (Lipinski definition) is 5. The van der Waals surface area contributed by atoms with Gasteiger partial charge in [0.2, 0.25) is 0 Å². The lowest BCUT2D eigenvalue weighted by atomic mass is 10.1. The highest BCUT2D eigenvalue weighted by atomic mass is 32.1. The van der Waals surface area contributed by atoms with Crippen LogP contribution in [-0.2, 0) is 0 Å². The quantitative estimate of drug-likeness (QED) is 0.599. The highest BCUT2D eigenvalue weighted by Crippen LogP contribution is 2.26. The molecule has 2 N–H and O–H groups in total. The van der Waals surface area contributed by atoms with Gasteiger partial charge in [-0.3, -0.25) is 15.2 Å². The topological polar surface area (TPSA) is 83.8 Å². The highest BCUT2D eigenvalue weighted by molar-refractivity contribution is 7.14. The van der Waals surface area contributed by atoms with Crippen LogP contribution in [0.4, 0.5) is 5.13 Å². The molecule has 4 aromatic rings. The zero-order valence-corrected chi connectivity index (χ0v) is 13.0. The molecule has 1 aromatic carbocycles. The number of nitrogens with one attached hydrogen (secondary N) is 2. The molecule has 7 heteroatoms. The normalized spacial score (nSPS) is 11.0. The number of thiazole rings is 1. The Kier molecular flexibility index (Phi) is 3.20. The van der Waals surface area contributed by atoms with Crippen LogP contribution in [0.3, 0.4) is 0 Å². The summed E-state index contributed by atoms with van der Waals surface area (Å²) >= 11 is 1.34. The summed E-state index contributed by atoms with van der Waals surface area (Å²) in [6.07, 6.45) is 1.59. The first-order valence-corrected chi connectivity index (χ1v) is 7.84. The third-order valence-corrected chi connectivity index (χ3v) is 4.19. The molecule has 0 atom stereocenters. The molecular weight excluding hydrogens is 312 g/mol. The minimum Gasteiger partial charge on any atom is -0.463 e. The van der Waals surface area contributed by atoms with Gasteiger partial charge in [0, 0.05) is 10.8 Å². The number of aromatic nitrogens is 3. The standard InChI is InChI=1S/C16H12N4O2S/c1-9-4-5-11-10(7-9)14(20-19-11)15(21)18-16-17-12(8-23-16)13-3-2-6-22-13/h2-8H,1H3,(H,19,20)(H,17,18,21). The van der Waals surface area contributed by atoms with E-state index in [-0.39, 0.29) is 5.91 Å². The summed E-state index contributed by atoms with van der Waals surface area (Å²) in [5.74, 6) is 0.379. The van der Waals surface area contributed by atoms with Gasteiger partial charge in [-0.15, -0.1) is 11.3 Å². The molecule has 6 nitrogen and oxygen atoms in total. The monoisotopic (exact) mass is 324 g/mol. The zero-order valence-electron chi connectivity index (χ0n) is 12.2. The maximum absolute atomic E-state index is 12.4. The molecule has 0 unspecified atom stereocenters. The molecule has 0 saturated heterocycles. The molecule has 0 saturated carbocycles. The molecule has 0 radical (unpaired) electrons. The number of aryl methyl sites for hydroxylation is 1. The Morgan fingerprint density at radius 1 is 1.35 bits per heavy atom. The SMILES string of the molecule is Cc1ccc2[nH]nc(C(=O)Nc3nc(-c4ccco4)cs3)c2c1. The number of carbonyl (C=O) groups is 1. The van der Waals surface area contributed by atoms with Gasteiger partial charge in [-0.05, 0) is 31.2 Å². The molecule has 23 heavy (non-hydrogen) atoms. The van der Waals surface area contributed by atoms with Crippen LogP contribution in [-0.4, -0.2) is 21.1 Å². The summed E-state index contributed by atoms with van der Waals surface area (Å²) in [4.78, 5) is 16.8. The highest BCUT2D eigenvalue weighted by Gasteiger charge is 2.16. The molecule has 0 fully saturated rings. The van der Waals surface area contributed by atoms with Crippen molar-refractivity contribution in [1.82, 2.24) is 15.2 Å². The lowest BCUT2D eigenvalue weighted by molar-refractivity contribution is 0.102. The van der Waals surface area contributed by atoms with Gasteiger partial charge >= 0.3 is 0 Å². The Labute approximate surface area is 135 Å². The van der Waals surface area contributed by atoms with Gasteiger partial charge in [0.25, 0.3) is 5.91 Å². The summed E-state index contributed by atoms with van der Waals surface area (Å²) in [5.41, 5.74) is 2.95. The fourth-order valence-corrected chi connectivity index (χ4v) is 3.02. The molecule has 0 bridgehead atoms. The predicted molar refractivity (Wildman–Crippen MR) is 88.6 cm³/mol. The maximum Gasteiger partial charge on any atom is 0.278 e. The van der Waals surface area contributed by atoms with Gasteiger partial charge in [0.1, 0.15) is 5.69 Å². The number of benzene rings is 1. The third-order valence-electron chi connectivity index (χ3n) is 3.43. The van der Waals surface area contributed by atoms with E-state index < -0.39 is 0 Å². The van der Waals surface area contributed by atoms with Crippen LogP contribution in [0.5, 0.6) is 0 Å². The molecule has 0 aliphatic rings. The summed E-state index contributed by atoms with van der Waals surface area (Å²) < 4.78 is 5.30. The Morgan fingerprint density at radius 3 is 3.09 bits per heavy atom. The first-order chi connectivity index (χ1) is 11.2. The largest absolute Gasteiger partial charge is 0.463 e. The first kappa shape index (κ1) is 13.7. The Balaban J connectivity index is 1.61. The summed E-state index contributed by atoms with van der Waals surface area (Å²) in [5, 5.41) is 12.9. The van der Waals surface area contributed by atoms with E-state index in [1.807, 2.05) is 36.6 Å². The molecule has 4 rings (SSSR count). The van der Waals surface area contributed by atoms with Gasteiger partial charge in [-0.25, -0.2) is 4.98 Å². The van der Waals surface area contributed by atoms with E-state index in [1.165, 1.54) is 11.3 Å². The Morgan fingerprint density at radius 2 is 2.26 bits per heavy atom. The van der Waals surface area contributed by atoms with Crippen LogP contribution in [0.25, 0.3) is 22.4 Å².